The predicted molar refractivity (Wildman–Crippen MR) is 92.5 cm³/mol. The zero-order chi connectivity index (χ0) is 15.8. The van der Waals surface area contributed by atoms with Crippen LogP contribution in [0, 0.1) is 0 Å². The van der Waals surface area contributed by atoms with Crippen molar-refractivity contribution in [3.63, 3.8) is 0 Å². The molecule has 0 fully saturated rings. The van der Waals surface area contributed by atoms with Crippen molar-refractivity contribution >= 4 is 35.7 Å². The minimum Gasteiger partial charge on any atom is -0.336 e. The lowest BCUT2D eigenvalue weighted by atomic mass is 10.2. The molecule has 0 aliphatic carbocycles. The number of hydrogen-bond acceptors (Lipinski definition) is 3. The Morgan fingerprint density at radius 1 is 1.05 bits per heavy atom. The van der Waals surface area contributed by atoms with Gasteiger partial charge in [-0.15, -0.1) is 12.4 Å². The molecule has 1 unspecified atom stereocenters. The van der Waals surface area contributed by atoms with E-state index in [9.17, 15) is 9.59 Å². The van der Waals surface area contributed by atoms with Crippen molar-refractivity contribution in [2.75, 3.05) is 10.6 Å². The van der Waals surface area contributed by atoms with Crippen LogP contribution >= 0.6 is 12.4 Å². The third-order valence-electron chi connectivity index (χ3n) is 2.67. The van der Waals surface area contributed by atoms with Crippen LogP contribution in [0.2, 0.25) is 0 Å². The van der Waals surface area contributed by atoms with E-state index in [-0.39, 0.29) is 36.4 Å². The number of amides is 3. The van der Waals surface area contributed by atoms with E-state index in [1.54, 1.807) is 24.3 Å². The second kappa shape index (κ2) is 10.0. The molecule has 6 nitrogen and oxygen atoms in total. The van der Waals surface area contributed by atoms with Crippen LogP contribution < -0.4 is 21.7 Å². The molecule has 0 aliphatic rings. The minimum atomic E-state index is -0.251. The van der Waals surface area contributed by atoms with E-state index in [0.29, 0.717) is 24.2 Å². The standard InChI is InChI=1S/C15H24N4O2.ClH/c1-10(2)17-15(21)19-13-7-5-12(6-8-13)18-14(20)9-4-11(3)16;/h5-8,10-11H,4,9,16H2,1-3H3,(H,18,20)(H2,17,19,21);1H. The molecular formula is C15H25ClN4O2. The average molecular weight is 329 g/mol. The number of urea groups is 1. The van der Waals surface area contributed by atoms with Gasteiger partial charge in [0.25, 0.3) is 0 Å². The molecule has 1 aromatic rings. The van der Waals surface area contributed by atoms with Gasteiger partial charge in [-0.1, -0.05) is 0 Å². The number of rotatable bonds is 6. The summed E-state index contributed by atoms with van der Waals surface area (Å²) in [5.41, 5.74) is 6.97. The Morgan fingerprint density at radius 2 is 1.55 bits per heavy atom. The molecule has 0 saturated heterocycles. The lowest BCUT2D eigenvalue weighted by Crippen LogP contribution is -2.34. The predicted octanol–water partition coefficient (Wildman–Crippen LogP) is 2.70. The second-order valence-corrected chi connectivity index (χ2v) is 5.39. The number of hydrogen-bond donors (Lipinski definition) is 4. The maximum atomic E-state index is 11.7. The lowest BCUT2D eigenvalue weighted by molar-refractivity contribution is -0.116. The molecule has 1 atom stereocenters. The summed E-state index contributed by atoms with van der Waals surface area (Å²) < 4.78 is 0. The Labute approximate surface area is 137 Å². The fraction of sp³-hybridized carbons (Fsp3) is 0.467. The van der Waals surface area contributed by atoms with Crippen LogP contribution in [0.4, 0.5) is 16.2 Å². The van der Waals surface area contributed by atoms with Crippen LogP contribution in [0.15, 0.2) is 24.3 Å². The molecule has 0 aliphatic heterocycles. The molecule has 0 saturated carbocycles. The fourth-order valence-corrected chi connectivity index (χ4v) is 1.65. The van der Waals surface area contributed by atoms with Crippen LogP contribution in [0.1, 0.15) is 33.6 Å². The summed E-state index contributed by atoms with van der Waals surface area (Å²) in [4.78, 5) is 23.2. The monoisotopic (exact) mass is 328 g/mol. The van der Waals surface area contributed by atoms with Gasteiger partial charge in [-0.2, -0.15) is 0 Å². The number of halogens is 1. The summed E-state index contributed by atoms with van der Waals surface area (Å²) in [6.45, 7) is 5.65. The van der Waals surface area contributed by atoms with Gasteiger partial charge in [0, 0.05) is 29.9 Å². The number of nitrogens with two attached hydrogens (primary N) is 1. The van der Waals surface area contributed by atoms with Crippen LogP contribution in [0.3, 0.4) is 0 Å². The van der Waals surface area contributed by atoms with Gasteiger partial charge in [-0.05, 0) is 51.5 Å². The molecule has 0 spiro atoms. The Hall–Kier alpha value is -1.79. The molecule has 0 bridgehead atoms. The fourth-order valence-electron chi connectivity index (χ4n) is 1.65. The van der Waals surface area contributed by atoms with Crippen LogP contribution in [0.25, 0.3) is 0 Å². The third kappa shape index (κ3) is 8.49. The number of carbonyl (C=O) groups excluding carboxylic acids is 2. The van der Waals surface area contributed by atoms with Gasteiger partial charge < -0.3 is 21.7 Å². The number of anilines is 2. The van der Waals surface area contributed by atoms with Crippen molar-refractivity contribution in [2.45, 2.75) is 45.7 Å². The van der Waals surface area contributed by atoms with Gasteiger partial charge in [0.05, 0.1) is 0 Å². The highest BCUT2D eigenvalue weighted by Crippen LogP contribution is 2.14. The molecule has 0 aromatic heterocycles. The first-order chi connectivity index (χ1) is 9.86. The first kappa shape index (κ1) is 20.2. The van der Waals surface area contributed by atoms with Crippen molar-refractivity contribution < 1.29 is 9.59 Å². The van der Waals surface area contributed by atoms with Crippen LogP contribution in [-0.4, -0.2) is 24.0 Å². The van der Waals surface area contributed by atoms with E-state index < -0.39 is 0 Å². The van der Waals surface area contributed by atoms with E-state index in [4.69, 9.17) is 5.73 Å². The van der Waals surface area contributed by atoms with Gasteiger partial charge in [0.2, 0.25) is 5.91 Å². The molecule has 1 rings (SSSR count). The Balaban J connectivity index is 0.00000441. The number of carbonyl (C=O) groups is 2. The largest absolute Gasteiger partial charge is 0.336 e. The van der Waals surface area contributed by atoms with E-state index >= 15 is 0 Å². The topological polar surface area (TPSA) is 96.2 Å². The Kier molecular flexibility index (Phi) is 9.21. The first-order valence-corrected chi connectivity index (χ1v) is 7.10. The minimum absolute atomic E-state index is 0. The van der Waals surface area contributed by atoms with E-state index in [1.807, 2.05) is 20.8 Å². The zero-order valence-electron chi connectivity index (χ0n) is 13.2. The molecule has 0 radical (unpaired) electrons. The summed E-state index contributed by atoms with van der Waals surface area (Å²) in [6, 6.07) is 6.81. The molecule has 22 heavy (non-hydrogen) atoms. The van der Waals surface area contributed by atoms with Crippen LogP contribution in [-0.2, 0) is 4.79 Å². The van der Waals surface area contributed by atoms with Crippen molar-refractivity contribution in [3.8, 4) is 0 Å². The van der Waals surface area contributed by atoms with Gasteiger partial charge >= 0.3 is 6.03 Å². The second-order valence-electron chi connectivity index (χ2n) is 5.39. The maximum absolute atomic E-state index is 11.7. The summed E-state index contributed by atoms with van der Waals surface area (Å²) in [7, 11) is 0. The number of nitrogens with one attached hydrogen (secondary N) is 3. The zero-order valence-corrected chi connectivity index (χ0v) is 14.0. The lowest BCUT2D eigenvalue weighted by Gasteiger charge is -2.11. The van der Waals surface area contributed by atoms with E-state index in [2.05, 4.69) is 16.0 Å². The summed E-state index contributed by atoms with van der Waals surface area (Å²) in [5, 5.41) is 8.24. The highest BCUT2D eigenvalue weighted by atomic mass is 35.5. The third-order valence-corrected chi connectivity index (χ3v) is 2.67. The van der Waals surface area contributed by atoms with Crippen molar-refractivity contribution in [1.29, 1.82) is 0 Å². The van der Waals surface area contributed by atoms with Gasteiger partial charge in [0.1, 0.15) is 0 Å². The Bertz CT molecular complexity index is 475. The van der Waals surface area contributed by atoms with Gasteiger partial charge in [0.15, 0.2) is 0 Å². The number of benzene rings is 1. The quantitative estimate of drug-likeness (QED) is 0.646. The normalized spacial score (nSPS) is 11.3. The molecule has 3 amide bonds. The molecular weight excluding hydrogens is 304 g/mol. The van der Waals surface area contributed by atoms with Crippen molar-refractivity contribution in [1.82, 2.24) is 5.32 Å². The smallest absolute Gasteiger partial charge is 0.319 e. The molecule has 7 heteroatoms. The van der Waals surface area contributed by atoms with E-state index in [0.717, 1.165) is 0 Å². The average Bonchev–Trinajstić information content (AvgIpc) is 2.37. The molecule has 124 valence electrons. The van der Waals surface area contributed by atoms with E-state index in [1.165, 1.54) is 0 Å². The highest BCUT2D eigenvalue weighted by Gasteiger charge is 2.06. The summed E-state index contributed by atoms with van der Waals surface area (Å²) >= 11 is 0. The van der Waals surface area contributed by atoms with Crippen molar-refractivity contribution in [2.24, 2.45) is 5.73 Å². The summed E-state index contributed by atoms with van der Waals surface area (Å²) in [6.07, 6.45) is 1.05. The van der Waals surface area contributed by atoms with Gasteiger partial charge in [-0.3, -0.25) is 4.79 Å². The molecule has 0 heterocycles. The van der Waals surface area contributed by atoms with Gasteiger partial charge in [-0.25, -0.2) is 4.79 Å². The SMILES string of the molecule is CC(N)CCC(=O)Nc1ccc(NC(=O)NC(C)C)cc1.Cl. The van der Waals surface area contributed by atoms with Crippen LogP contribution in [0.5, 0.6) is 0 Å². The first-order valence-electron chi connectivity index (χ1n) is 7.10. The molecule has 1 aromatic carbocycles. The maximum Gasteiger partial charge on any atom is 0.319 e. The highest BCUT2D eigenvalue weighted by molar-refractivity contribution is 5.92. The molecule has 5 N–H and O–H groups in total. The summed E-state index contributed by atoms with van der Waals surface area (Å²) in [5.74, 6) is -0.0643. The Morgan fingerprint density at radius 3 is 2.00 bits per heavy atom. The van der Waals surface area contributed by atoms with Crippen molar-refractivity contribution in [3.05, 3.63) is 24.3 Å².